The van der Waals surface area contributed by atoms with Crippen LogP contribution in [-0.4, -0.2) is 52.5 Å². The fourth-order valence-corrected chi connectivity index (χ4v) is 4.29. The maximum absolute atomic E-state index is 12.8. The first-order chi connectivity index (χ1) is 12.9. The normalized spacial score (nSPS) is 22.1. The minimum Gasteiger partial charge on any atom is -0.390 e. The largest absolute Gasteiger partial charge is 0.390 e. The molecule has 2 amide bonds. The Hall–Kier alpha value is -1.59. The van der Waals surface area contributed by atoms with Gasteiger partial charge in [0.05, 0.1) is 11.5 Å². The Balaban J connectivity index is 1.54. The van der Waals surface area contributed by atoms with Crippen molar-refractivity contribution in [2.45, 2.75) is 57.1 Å². The molecule has 27 heavy (non-hydrogen) atoms. The monoisotopic (exact) mass is 392 g/mol. The van der Waals surface area contributed by atoms with Gasteiger partial charge in [-0.25, -0.2) is 0 Å². The predicted octanol–water partition coefficient (Wildman–Crippen LogP) is 3.23. The summed E-state index contributed by atoms with van der Waals surface area (Å²) in [5.41, 5.74) is 0.412. The van der Waals surface area contributed by atoms with Crippen LogP contribution in [0.15, 0.2) is 24.3 Å². The Bertz CT molecular complexity index is 671. The summed E-state index contributed by atoms with van der Waals surface area (Å²) in [7, 11) is 1.81. The Labute approximate surface area is 166 Å². The summed E-state index contributed by atoms with van der Waals surface area (Å²) in [6, 6.07) is 7.45. The summed E-state index contributed by atoms with van der Waals surface area (Å²) in [6.07, 6.45) is 5.45. The maximum Gasteiger partial charge on any atom is 0.227 e. The maximum atomic E-state index is 12.8. The molecule has 3 rings (SSSR count). The van der Waals surface area contributed by atoms with Gasteiger partial charge in [-0.3, -0.25) is 9.59 Å². The molecule has 1 saturated carbocycles. The number of likely N-dealkylation sites (tertiary alicyclic amines) is 1. The van der Waals surface area contributed by atoms with E-state index in [-0.39, 0.29) is 17.7 Å². The van der Waals surface area contributed by atoms with Crippen LogP contribution in [0.2, 0.25) is 5.02 Å². The zero-order chi connectivity index (χ0) is 19.4. The lowest BCUT2D eigenvalue weighted by atomic mass is 9.94. The Morgan fingerprint density at radius 3 is 2.63 bits per heavy atom. The number of hydrogen-bond acceptors (Lipinski definition) is 3. The van der Waals surface area contributed by atoms with Crippen LogP contribution in [0.3, 0.4) is 0 Å². The van der Waals surface area contributed by atoms with Crippen LogP contribution in [0.5, 0.6) is 0 Å². The van der Waals surface area contributed by atoms with Crippen molar-refractivity contribution in [3.63, 3.8) is 0 Å². The first kappa shape index (κ1) is 20.2. The highest BCUT2D eigenvalue weighted by Crippen LogP contribution is 2.32. The van der Waals surface area contributed by atoms with E-state index < -0.39 is 5.60 Å². The van der Waals surface area contributed by atoms with Crippen LogP contribution < -0.4 is 0 Å². The van der Waals surface area contributed by atoms with Crippen molar-refractivity contribution in [2.24, 2.45) is 5.92 Å². The third kappa shape index (κ3) is 5.23. The van der Waals surface area contributed by atoms with E-state index in [9.17, 15) is 14.7 Å². The smallest absolute Gasteiger partial charge is 0.227 e. The summed E-state index contributed by atoms with van der Waals surface area (Å²) in [5.74, 6) is 0.000319. The summed E-state index contributed by atoms with van der Waals surface area (Å²) < 4.78 is 0. The molecule has 0 aromatic heterocycles. The zero-order valence-corrected chi connectivity index (χ0v) is 16.7. The van der Waals surface area contributed by atoms with E-state index in [0.29, 0.717) is 43.9 Å². The fraction of sp³-hybridized carbons (Fsp3) is 0.619. The number of amides is 2. The first-order valence-electron chi connectivity index (χ1n) is 9.86. The lowest BCUT2D eigenvalue weighted by Crippen LogP contribution is -2.46. The van der Waals surface area contributed by atoms with Crippen LogP contribution in [0.25, 0.3) is 0 Å². The molecule has 1 saturated heterocycles. The molecule has 2 fully saturated rings. The molecule has 0 bridgehead atoms. The number of carbonyl (C=O) groups excluding carboxylic acids is 2. The minimum absolute atomic E-state index is 0.0743. The van der Waals surface area contributed by atoms with E-state index in [1.54, 1.807) is 16.8 Å². The van der Waals surface area contributed by atoms with E-state index in [2.05, 4.69) is 0 Å². The van der Waals surface area contributed by atoms with Crippen molar-refractivity contribution >= 4 is 23.4 Å². The lowest BCUT2D eigenvalue weighted by Gasteiger charge is -2.34. The zero-order valence-electron chi connectivity index (χ0n) is 16.0. The second-order valence-electron chi connectivity index (χ2n) is 8.08. The molecule has 1 heterocycles. The molecule has 5 nitrogen and oxygen atoms in total. The molecule has 2 aliphatic rings. The topological polar surface area (TPSA) is 60.9 Å². The number of piperidine rings is 1. The Kier molecular flexibility index (Phi) is 6.43. The van der Waals surface area contributed by atoms with E-state index in [4.69, 9.17) is 11.6 Å². The molecule has 1 N–H and O–H groups in total. The van der Waals surface area contributed by atoms with Crippen LogP contribution in [0.4, 0.5) is 0 Å². The van der Waals surface area contributed by atoms with Gasteiger partial charge in [0.15, 0.2) is 0 Å². The highest BCUT2D eigenvalue weighted by molar-refractivity contribution is 6.30. The Morgan fingerprint density at radius 1 is 1.30 bits per heavy atom. The van der Waals surface area contributed by atoms with Gasteiger partial charge in [-0.05, 0) is 43.4 Å². The van der Waals surface area contributed by atoms with Crippen molar-refractivity contribution in [1.82, 2.24) is 9.80 Å². The standard InChI is InChI=1S/C21H29ClN2O3/c1-23(13-12-21(27)10-2-3-11-21)20(26)17-6-9-19(25)24(15-17)14-16-4-7-18(22)8-5-16/h4-5,7-8,17,27H,2-3,6,9-15H2,1H3/t17-/m0/s1. The average molecular weight is 393 g/mol. The molecule has 0 radical (unpaired) electrons. The number of nitrogens with zero attached hydrogens (tertiary/aromatic N) is 2. The van der Waals surface area contributed by atoms with E-state index in [1.165, 1.54) is 0 Å². The highest BCUT2D eigenvalue weighted by atomic mass is 35.5. The number of aliphatic hydroxyl groups is 1. The fourth-order valence-electron chi connectivity index (χ4n) is 4.16. The summed E-state index contributed by atoms with van der Waals surface area (Å²) >= 11 is 5.92. The van der Waals surface area contributed by atoms with E-state index in [0.717, 1.165) is 31.2 Å². The molecular weight excluding hydrogens is 364 g/mol. The van der Waals surface area contributed by atoms with Gasteiger partial charge in [0.2, 0.25) is 11.8 Å². The van der Waals surface area contributed by atoms with Crippen LogP contribution in [0, 0.1) is 5.92 Å². The molecule has 148 valence electrons. The second-order valence-corrected chi connectivity index (χ2v) is 8.51. The molecule has 1 aromatic carbocycles. The number of halogens is 1. The van der Waals surface area contributed by atoms with Crippen molar-refractivity contribution in [3.05, 3.63) is 34.9 Å². The van der Waals surface area contributed by atoms with Gasteiger partial charge in [0.25, 0.3) is 0 Å². The third-order valence-corrected chi connectivity index (χ3v) is 6.21. The minimum atomic E-state index is -0.600. The second kappa shape index (κ2) is 8.61. The molecule has 0 spiro atoms. The number of carbonyl (C=O) groups is 2. The summed E-state index contributed by atoms with van der Waals surface area (Å²) in [6.45, 7) is 1.52. The van der Waals surface area contributed by atoms with Gasteiger partial charge >= 0.3 is 0 Å². The van der Waals surface area contributed by atoms with Crippen molar-refractivity contribution < 1.29 is 14.7 Å². The van der Waals surface area contributed by atoms with E-state index >= 15 is 0 Å². The molecule has 1 aliphatic carbocycles. The van der Waals surface area contributed by atoms with Crippen molar-refractivity contribution in [2.75, 3.05) is 20.1 Å². The quantitative estimate of drug-likeness (QED) is 0.808. The molecule has 1 aliphatic heterocycles. The molecule has 1 atom stereocenters. The SMILES string of the molecule is CN(CCC1(O)CCCC1)C(=O)[C@H]1CCC(=O)N(Cc2ccc(Cl)cc2)C1. The molecule has 0 unspecified atom stereocenters. The lowest BCUT2D eigenvalue weighted by molar-refractivity contribution is -0.143. The van der Waals surface area contributed by atoms with Crippen molar-refractivity contribution in [3.8, 4) is 0 Å². The first-order valence-corrected chi connectivity index (χ1v) is 10.2. The number of hydrogen-bond donors (Lipinski definition) is 1. The predicted molar refractivity (Wildman–Crippen MR) is 105 cm³/mol. The van der Waals surface area contributed by atoms with Gasteiger partial charge in [-0.2, -0.15) is 0 Å². The van der Waals surface area contributed by atoms with Gasteiger partial charge < -0.3 is 14.9 Å². The van der Waals surface area contributed by atoms with Gasteiger partial charge in [-0.1, -0.05) is 36.6 Å². The summed E-state index contributed by atoms with van der Waals surface area (Å²) in [5, 5.41) is 11.2. The third-order valence-electron chi connectivity index (χ3n) is 5.96. The number of benzene rings is 1. The van der Waals surface area contributed by atoms with Crippen LogP contribution in [0.1, 0.15) is 50.5 Å². The van der Waals surface area contributed by atoms with Crippen LogP contribution >= 0.6 is 11.6 Å². The van der Waals surface area contributed by atoms with E-state index in [1.807, 2.05) is 24.3 Å². The molecule has 1 aromatic rings. The van der Waals surface area contributed by atoms with Crippen molar-refractivity contribution in [1.29, 1.82) is 0 Å². The number of rotatable bonds is 6. The molecular formula is C21H29ClN2O3. The molecule has 6 heteroatoms. The van der Waals surface area contributed by atoms with Gasteiger partial charge in [0, 0.05) is 38.1 Å². The highest BCUT2D eigenvalue weighted by Gasteiger charge is 2.34. The van der Waals surface area contributed by atoms with Crippen LogP contribution in [-0.2, 0) is 16.1 Å². The van der Waals surface area contributed by atoms with Gasteiger partial charge in [0.1, 0.15) is 0 Å². The summed E-state index contributed by atoms with van der Waals surface area (Å²) in [4.78, 5) is 28.6. The van der Waals surface area contributed by atoms with Gasteiger partial charge in [-0.15, -0.1) is 0 Å². The Morgan fingerprint density at radius 2 is 1.96 bits per heavy atom. The average Bonchev–Trinajstić information content (AvgIpc) is 3.10.